The fraction of sp³-hybridized carbons (Fsp3) is 0.368. The summed E-state index contributed by atoms with van der Waals surface area (Å²) in [5.74, 6) is -1.81. The molecule has 1 aliphatic heterocycles. The molecule has 1 fully saturated rings. The van der Waals surface area contributed by atoms with Gasteiger partial charge in [-0.25, -0.2) is 17.2 Å². The lowest BCUT2D eigenvalue weighted by molar-refractivity contribution is 0.237. The third kappa shape index (κ3) is 4.45. The van der Waals surface area contributed by atoms with Gasteiger partial charge in [0, 0.05) is 13.1 Å². The molecule has 1 atom stereocenters. The molecule has 1 heterocycles. The molecule has 1 saturated heterocycles. The van der Waals surface area contributed by atoms with Crippen LogP contribution >= 0.6 is 0 Å². The van der Waals surface area contributed by atoms with Crippen molar-refractivity contribution in [2.75, 3.05) is 26.2 Å². The maximum absolute atomic E-state index is 13.9. The second-order valence-electron chi connectivity index (χ2n) is 6.46. The highest BCUT2D eigenvalue weighted by atomic mass is 32.2. The molecule has 0 amide bonds. The van der Waals surface area contributed by atoms with Crippen LogP contribution in [0.1, 0.15) is 12.0 Å². The summed E-state index contributed by atoms with van der Waals surface area (Å²) in [5, 5.41) is 8.25. The van der Waals surface area contributed by atoms with Gasteiger partial charge in [0.25, 0.3) is 0 Å². The Kier molecular flexibility index (Phi) is 6.08. The number of halogens is 2. The largest absolute Gasteiger partial charge is 0.492 e. The van der Waals surface area contributed by atoms with Gasteiger partial charge in [0.05, 0.1) is 11.9 Å². The molecule has 2 aromatic rings. The number of hydrogen-bond donors (Lipinski definition) is 1. The van der Waals surface area contributed by atoms with E-state index in [2.05, 4.69) is 0 Å². The van der Waals surface area contributed by atoms with Gasteiger partial charge in [-0.2, -0.15) is 0 Å². The Bertz CT molecular complexity index is 887. The predicted octanol–water partition coefficient (Wildman–Crippen LogP) is 2.38. The lowest BCUT2D eigenvalue weighted by Crippen LogP contribution is -2.30. The van der Waals surface area contributed by atoms with Gasteiger partial charge in [0.15, 0.2) is 21.5 Å². The first-order valence-corrected chi connectivity index (χ1v) is 10.2. The van der Waals surface area contributed by atoms with Crippen LogP contribution in [0, 0.1) is 11.6 Å². The molecule has 27 heavy (non-hydrogen) atoms. The second kappa shape index (κ2) is 8.33. The maximum atomic E-state index is 13.9. The van der Waals surface area contributed by atoms with Crippen LogP contribution in [0.2, 0.25) is 0 Å². The van der Waals surface area contributed by atoms with Crippen LogP contribution in [-0.4, -0.2) is 49.9 Å². The van der Waals surface area contributed by atoms with Crippen LogP contribution in [0.25, 0.3) is 0 Å². The quantitative estimate of drug-likeness (QED) is 0.777. The molecular formula is C19H21F2NO4S. The number of sulfone groups is 1. The standard InChI is InChI=1S/C19H21F2NO4S/c20-17-2-1-3-18(19(17)21)27(24,25)16-8-9-22(12-16)10-11-26-15-6-4-14(13-23)5-7-15/h1-7,16,23H,8-13H2. The first-order valence-electron chi connectivity index (χ1n) is 8.64. The average Bonchev–Trinajstić information content (AvgIpc) is 3.14. The summed E-state index contributed by atoms with van der Waals surface area (Å²) in [4.78, 5) is 1.36. The number of aliphatic hydroxyl groups excluding tert-OH is 1. The Hall–Kier alpha value is -2.03. The van der Waals surface area contributed by atoms with Gasteiger partial charge >= 0.3 is 0 Å². The van der Waals surface area contributed by atoms with Crippen LogP contribution in [0.4, 0.5) is 8.78 Å². The minimum absolute atomic E-state index is 0.0319. The van der Waals surface area contributed by atoms with E-state index in [4.69, 9.17) is 9.84 Å². The molecule has 0 saturated carbocycles. The third-order valence-corrected chi connectivity index (χ3v) is 6.86. The minimum Gasteiger partial charge on any atom is -0.492 e. The first-order chi connectivity index (χ1) is 12.9. The Balaban J connectivity index is 1.55. The highest BCUT2D eigenvalue weighted by molar-refractivity contribution is 7.92. The molecule has 1 aliphatic rings. The molecule has 8 heteroatoms. The number of ether oxygens (including phenoxy) is 1. The average molecular weight is 397 g/mol. The molecule has 0 spiro atoms. The van der Waals surface area contributed by atoms with Crippen molar-refractivity contribution in [3.05, 3.63) is 59.7 Å². The number of aliphatic hydroxyl groups is 1. The van der Waals surface area contributed by atoms with Crippen LogP contribution in [-0.2, 0) is 16.4 Å². The van der Waals surface area contributed by atoms with E-state index >= 15 is 0 Å². The Morgan fingerprint density at radius 3 is 2.59 bits per heavy atom. The molecule has 0 aliphatic carbocycles. The van der Waals surface area contributed by atoms with Crippen LogP contribution < -0.4 is 4.74 Å². The van der Waals surface area contributed by atoms with Crippen molar-refractivity contribution in [2.24, 2.45) is 0 Å². The van der Waals surface area contributed by atoms with Gasteiger partial charge in [-0.05, 0) is 42.8 Å². The monoisotopic (exact) mass is 397 g/mol. The molecule has 0 aromatic heterocycles. The minimum atomic E-state index is -3.93. The van der Waals surface area contributed by atoms with E-state index in [-0.39, 0.29) is 13.2 Å². The van der Waals surface area contributed by atoms with E-state index in [1.165, 1.54) is 6.07 Å². The zero-order valence-electron chi connectivity index (χ0n) is 14.6. The van der Waals surface area contributed by atoms with E-state index in [0.29, 0.717) is 31.9 Å². The molecule has 0 bridgehead atoms. The van der Waals surface area contributed by atoms with Crippen LogP contribution in [0.15, 0.2) is 47.4 Å². The molecule has 3 rings (SSSR count). The Labute approximate surface area is 157 Å². The lowest BCUT2D eigenvalue weighted by Gasteiger charge is -2.17. The van der Waals surface area contributed by atoms with Crippen molar-refractivity contribution in [1.82, 2.24) is 4.90 Å². The molecule has 1 unspecified atom stereocenters. The van der Waals surface area contributed by atoms with Gasteiger partial charge in [-0.3, -0.25) is 4.90 Å². The van der Waals surface area contributed by atoms with Crippen molar-refractivity contribution in [1.29, 1.82) is 0 Å². The fourth-order valence-corrected chi connectivity index (χ4v) is 4.92. The highest BCUT2D eigenvalue weighted by Crippen LogP contribution is 2.26. The molecular weight excluding hydrogens is 376 g/mol. The van der Waals surface area contributed by atoms with Crippen molar-refractivity contribution >= 4 is 9.84 Å². The van der Waals surface area contributed by atoms with Gasteiger partial charge in [0.2, 0.25) is 0 Å². The third-order valence-electron chi connectivity index (χ3n) is 4.67. The zero-order valence-corrected chi connectivity index (χ0v) is 15.5. The number of likely N-dealkylation sites (tertiary alicyclic amines) is 1. The molecule has 5 nitrogen and oxygen atoms in total. The summed E-state index contributed by atoms with van der Waals surface area (Å²) < 4.78 is 58.1. The molecule has 2 aromatic carbocycles. The highest BCUT2D eigenvalue weighted by Gasteiger charge is 2.36. The molecule has 1 N–H and O–H groups in total. The topological polar surface area (TPSA) is 66.8 Å². The summed E-state index contributed by atoms with van der Waals surface area (Å²) in [6, 6.07) is 10.3. The number of nitrogens with zero attached hydrogens (tertiary/aromatic N) is 1. The van der Waals surface area contributed by atoms with Gasteiger partial charge < -0.3 is 9.84 Å². The molecule has 0 radical (unpaired) electrons. The van der Waals surface area contributed by atoms with E-state index in [0.717, 1.165) is 17.7 Å². The second-order valence-corrected chi connectivity index (χ2v) is 8.66. The van der Waals surface area contributed by atoms with Crippen molar-refractivity contribution in [3.8, 4) is 5.75 Å². The van der Waals surface area contributed by atoms with Crippen molar-refractivity contribution in [2.45, 2.75) is 23.2 Å². The summed E-state index contributed by atoms with van der Waals surface area (Å²) in [5.41, 5.74) is 0.791. The number of hydrogen-bond acceptors (Lipinski definition) is 5. The van der Waals surface area contributed by atoms with Crippen LogP contribution in [0.3, 0.4) is 0 Å². The fourth-order valence-electron chi connectivity index (χ4n) is 3.12. The van der Waals surface area contributed by atoms with E-state index in [9.17, 15) is 17.2 Å². The first kappa shape index (κ1) is 19.7. The Morgan fingerprint density at radius 2 is 1.89 bits per heavy atom. The summed E-state index contributed by atoms with van der Waals surface area (Å²) in [6.45, 7) is 1.67. The smallest absolute Gasteiger partial charge is 0.185 e. The predicted molar refractivity (Wildman–Crippen MR) is 96.2 cm³/mol. The normalized spacial score (nSPS) is 18.0. The van der Waals surface area contributed by atoms with E-state index < -0.39 is 31.6 Å². The number of rotatable bonds is 7. The van der Waals surface area contributed by atoms with Gasteiger partial charge in [-0.15, -0.1) is 0 Å². The summed E-state index contributed by atoms with van der Waals surface area (Å²) in [6.07, 6.45) is 0.365. The van der Waals surface area contributed by atoms with Crippen LogP contribution in [0.5, 0.6) is 5.75 Å². The zero-order chi connectivity index (χ0) is 19.4. The summed E-state index contributed by atoms with van der Waals surface area (Å²) in [7, 11) is -3.93. The summed E-state index contributed by atoms with van der Waals surface area (Å²) >= 11 is 0. The number of benzene rings is 2. The molecule has 146 valence electrons. The maximum Gasteiger partial charge on any atom is 0.185 e. The van der Waals surface area contributed by atoms with Gasteiger partial charge in [0.1, 0.15) is 17.3 Å². The SMILES string of the molecule is O=S(=O)(c1cccc(F)c1F)C1CCN(CCOc2ccc(CO)cc2)C1. The lowest BCUT2D eigenvalue weighted by atomic mass is 10.2. The Morgan fingerprint density at radius 1 is 1.15 bits per heavy atom. The van der Waals surface area contributed by atoms with Gasteiger partial charge in [-0.1, -0.05) is 18.2 Å². The van der Waals surface area contributed by atoms with E-state index in [1.54, 1.807) is 24.3 Å². The van der Waals surface area contributed by atoms with E-state index in [1.807, 2.05) is 4.90 Å². The van der Waals surface area contributed by atoms with Crippen molar-refractivity contribution in [3.63, 3.8) is 0 Å². The van der Waals surface area contributed by atoms with Crippen molar-refractivity contribution < 1.29 is 27.0 Å².